The molecule has 0 aliphatic heterocycles. The second-order valence-electron chi connectivity index (χ2n) is 3.80. The van der Waals surface area contributed by atoms with Gasteiger partial charge in [0.1, 0.15) is 11.9 Å². The van der Waals surface area contributed by atoms with Crippen LogP contribution >= 0.6 is 23.2 Å². The highest BCUT2D eigenvalue weighted by Gasteiger charge is 2.16. The van der Waals surface area contributed by atoms with Gasteiger partial charge in [0, 0.05) is 12.6 Å². The number of nitrogens with zero attached hydrogens (tertiary/aromatic N) is 1. The summed E-state index contributed by atoms with van der Waals surface area (Å²) >= 11 is 11.6. The zero-order chi connectivity index (χ0) is 13.1. The number of benzene rings is 1. The second kappa shape index (κ2) is 5.65. The SMILES string of the molecule is OC(Cc1cccc(Cl)c1F)c1ncccc1Cl. The van der Waals surface area contributed by atoms with Crippen molar-refractivity contribution in [1.82, 2.24) is 4.98 Å². The number of aliphatic hydroxyl groups is 1. The van der Waals surface area contributed by atoms with Crippen molar-refractivity contribution in [3.8, 4) is 0 Å². The highest BCUT2D eigenvalue weighted by atomic mass is 35.5. The summed E-state index contributed by atoms with van der Waals surface area (Å²) in [5, 5.41) is 10.4. The van der Waals surface area contributed by atoms with E-state index in [4.69, 9.17) is 23.2 Å². The summed E-state index contributed by atoms with van der Waals surface area (Å²) in [7, 11) is 0. The van der Waals surface area contributed by atoms with Gasteiger partial charge in [0.15, 0.2) is 0 Å². The number of aliphatic hydroxyl groups excluding tert-OH is 1. The Morgan fingerprint density at radius 3 is 2.61 bits per heavy atom. The van der Waals surface area contributed by atoms with Crippen LogP contribution in [0.3, 0.4) is 0 Å². The summed E-state index contributed by atoms with van der Waals surface area (Å²) in [6, 6.07) is 7.95. The molecule has 0 saturated carbocycles. The first-order valence-electron chi connectivity index (χ1n) is 5.31. The molecule has 5 heteroatoms. The van der Waals surface area contributed by atoms with Gasteiger partial charge in [-0.25, -0.2) is 4.39 Å². The van der Waals surface area contributed by atoms with Crippen LogP contribution in [0.2, 0.25) is 10.0 Å². The number of hydrogen-bond acceptors (Lipinski definition) is 2. The lowest BCUT2D eigenvalue weighted by molar-refractivity contribution is 0.172. The number of aromatic nitrogens is 1. The maximum absolute atomic E-state index is 13.7. The fourth-order valence-corrected chi connectivity index (χ4v) is 2.10. The predicted molar refractivity (Wildman–Crippen MR) is 69.3 cm³/mol. The third-order valence-electron chi connectivity index (χ3n) is 2.55. The number of halogens is 3. The highest BCUT2D eigenvalue weighted by molar-refractivity contribution is 6.31. The van der Waals surface area contributed by atoms with Crippen molar-refractivity contribution in [2.45, 2.75) is 12.5 Å². The van der Waals surface area contributed by atoms with Gasteiger partial charge in [-0.3, -0.25) is 4.98 Å². The highest BCUT2D eigenvalue weighted by Crippen LogP contribution is 2.26. The Balaban J connectivity index is 2.24. The molecule has 1 heterocycles. The third kappa shape index (κ3) is 2.80. The molecule has 0 aliphatic carbocycles. The maximum atomic E-state index is 13.7. The van der Waals surface area contributed by atoms with E-state index in [2.05, 4.69) is 4.98 Å². The maximum Gasteiger partial charge on any atom is 0.145 e. The molecule has 1 aromatic heterocycles. The quantitative estimate of drug-likeness (QED) is 0.930. The van der Waals surface area contributed by atoms with Crippen molar-refractivity contribution in [3.05, 3.63) is 63.6 Å². The molecule has 18 heavy (non-hydrogen) atoms. The summed E-state index contributed by atoms with van der Waals surface area (Å²) in [5.74, 6) is -0.523. The Kier molecular flexibility index (Phi) is 4.17. The van der Waals surface area contributed by atoms with Gasteiger partial charge >= 0.3 is 0 Å². The smallest absolute Gasteiger partial charge is 0.145 e. The van der Waals surface area contributed by atoms with E-state index in [1.54, 1.807) is 24.3 Å². The van der Waals surface area contributed by atoms with Crippen molar-refractivity contribution in [1.29, 1.82) is 0 Å². The zero-order valence-electron chi connectivity index (χ0n) is 9.28. The summed E-state index contributed by atoms with van der Waals surface area (Å²) in [5.41, 5.74) is 0.662. The Morgan fingerprint density at radius 2 is 1.89 bits per heavy atom. The molecule has 2 nitrogen and oxygen atoms in total. The van der Waals surface area contributed by atoms with Crippen LogP contribution in [-0.4, -0.2) is 10.1 Å². The topological polar surface area (TPSA) is 33.1 Å². The van der Waals surface area contributed by atoms with Crippen molar-refractivity contribution >= 4 is 23.2 Å². The van der Waals surface area contributed by atoms with Crippen LogP contribution < -0.4 is 0 Å². The molecule has 94 valence electrons. The molecule has 0 spiro atoms. The minimum atomic E-state index is -0.966. The van der Waals surface area contributed by atoms with Crippen LogP contribution in [0.15, 0.2) is 36.5 Å². The van der Waals surface area contributed by atoms with Crippen molar-refractivity contribution in [2.24, 2.45) is 0 Å². The van der Waals surface area contributed by atoms with Crippen molar-refractivity contribution < 1.29 is 9.50 Å². The van der Waals surface area contributed by atoms with Gasteiger partial charge in [-0.1, -0.05) is 35.3 Å². The molecule has 1 aromatic carbocycles. The van der Waals surface area contributed by atoms with Gasteiger partial charge in [-0.15, -0.1) is 0 Å². The Morgan fingerprint density at radius 1 is 1.17 bits per heavy atom. The van der Waals surface area contributed by atoms with Gasteiger partial charge in [0.2, 0.25) is 0 Å². The van der Waals surface area contributed by atoms with Gasteiger partial charge in [0.25, 0.3) is 0 Å². The van der Waals surface area contributed by atoms with Gasteiger partial charge < -0.3 is 5.11 Å². The minimum absolute atomic E-state index is 0.0341. The molecule has 0 radical (unpaired) electrons. The minimum Gasteiger partial charge on any atom is -0.386 e. The van der Waals surface area contributed by atoms with Crippen LogP contribution in [0.1, 0.15) is 17.4 Å². The molecule has 0 bridgehead atoms. The first-order valence-corrected chi connectivity index (χ1v) is 6.06. The second-order valence-corrected chi connectivity index (χ2v) is 4.62. The normalized spacial score (nSPS) is 12.4. The van der Waals surface area contributed by atoms with E-state index < -0.39 is 11.9 Å². The van der Waals surface area contributed by atoms with Crippen LogP contribution in [0, 0.1) is 5.82 Å². The van der Waals surface area contributed by atoms with Crippen molar-refractivity contribution in [2.75, 3.05) is 0 Å². The van der Waals surface area contributed by atoms with E-state index in [1.165, 1.54) is 12.3 Å². The molecule has 1 atom stereocenters. The number of hydrogen-bond donors (Lipinski definition) is 1. The molecule has 0 aliphatic rings. The Hall–Kier alpha value is -1.16. The lowest BCUT2D eigenvalue weighted by Gasteiger charge is -2.12. The molecule has 0 amide bonds. The van der Waals surface area contributed by atoms with Gasteiger partial charge in [0.05, 0.1) is 15.7 Å². The monoisotopic (exact) mass is 285 g/mol. The van der Waals surface area contributed by atoms with Crippen LogP contribution in [0.5, 0.6) is 0 Å². The number of pyridine rings is 1. The summed E-state index contributed by atoms with van der Waals surface area (Å²) in [6.07, 6.45) is 0.633. The number of rotatable bonds is 3. The van der Waals surface area contributed by atoms with E-state index in [0.717, 1.165) is 0 Å². The van der Waals surface area contributed by atoms with Crippen LogP contribution in [-0.2, 0) is 6.42 Å². The van der Waals surface area contributed by atoms with Gasteiger partial charge in [-0.2, -0.15) is 0 Å². The van der Waals surface area contributed by atoms with Crippen molar-refractivity contribution in [3.63, 3.8) is 0 Å². The summed E-state index contributed by atoms with van der Waals surface area (Å²) in [4.78, 5) is 3.99. The third-order valence-corrected chi connectivity index (χ3v) is 3.16. The zero-order valence-corrected chi connectivity index (χ0v) is 10.8. The van der Waals surface area contributed by atoms with Gasteiger partial charge in [-0.05, 0) is 23.8 Å². The Bertz CT molecular complexity index is 562. The lowest BCUT2D eigenvalue weighted by atomic mass is 10.0. The summed E-state index contributed by atoms with van der Waals surface area (Å²) in [6.45, 7) is 0. The lowest BCUT2D eigenvalue weighted by Crippen LogP contribution is -2.06. The standard InChI is InChI=1S/C13H10Cl2FNO/c14-9-4-1-3-8(12(9)16)7-11(18)13-10(15)5-2-6-17-13/h1-6,11,18H,7H2. The predicted octanol–water partition coefficient (Wildman–Crippen LogP) is 3.80. The fourth-order valence-electron chi connectivity index (χ4n) is 1.65. The largest absolute Gasteiger partial charge is 0.386 e. The molecule has 2 aromatic rings. The van der Waals surface area contributed by atoms with E-state index in [1.807, 2.05) is 0 Å². The van der Waals surface area contributed by atoms with E-state index >= 15 is 0 Å². The van der Waals surface area contributed by atoms with Crippen LogP contribution in [0.25, 0.3) is 0 Å². The van der Waals surface area contributed by atoms with Crippen LogP contribution in [0.4, 0.5) is 4.39 Å². The average molecular weight is 286 g/mol. The molecule has 0 saturated heterocycles. The van der Waals surface area contributed by atoms with E-state index in [9.17, 15) is 9.50 Å². The molecule has 2 rings (SSSR count). The molecular formula is C13H10Cl2FNO. The first-order chi connectivity index (χ1) is 8.59. The average Bonchev–Trinajstić information content (AvgIpc) is 2.35. The molecule has 1 unspecified atom stereocenters. The molecule has 1 N–H and O–H groups in total. The molecule has 0 fully saturated rings. The first kappa shape index (κ1) is 13.3. The Labute approximate surface area is 114 Å². The fraction of sp³-hybridized carbons (Fsp3) is 0.154. The summed E-state index contributed by atoms with van der Waals surface area (Å²) < 4.78 is 13.7. The molecular weight excluding hydrogens is 276 g/mol. The van der Waals surface area contributed by atoms with E-state index in [-0.39, 0.29) is 11.4 Å². The van der Waals surface area contributed by atoms with E-state index in [0.29, 0.717) is 16.3 Å².